The summed E-state index contributed by atoms with van der Waals surface area (Å²) in [6.45, 7) is 2.04. The Morgan fingerprint density at radius 2 is 1.88 bits per heavy atom. The molecule has 1 N–H and O–H groups in total. The number of benzene rings is 1. The Bertz CT molecular complexity index is 422. The van der Waals surface area contributed by atoms with E-state index in [0.717, 1.165) is 5.56 Å². The van der Waals surface area contributed by atoms with E-state index >= 15 is 0 Å². The lowest BCUT2D eigenvalue weighted by Crippen LogP contribution is -2.11. The third kappa shape index (κ3) is 5.19. The molecule has 4 nitrogen and oxygen atoms in total. The van der Waals surface area contributed by atoms with E-state index in [-0.39, 0.29) is 18.1 Å². The number of ether oxygens (including phenoxy) is 1. The molecule has 0 spiro atoms. The van der Waals surface area contributed by atoms with Crippen molar-refractivity contribution in [2.24, 2.45) is 0 Å². The Morgan fingerprint density at radius 3 is 2.41 bits per heavy atom. The molecule has 96 valence electrons. The number of aliphatic hydroxyl groups excluding tert-OH is 1. The van der Waals surface area contributed by atoms with Gasteiger partial charge in [-0.3, -0.25) is 0 Å². The van der Waals surface area contributed by atoms with Crippen LogP contribution in [-0.4, -0.2) is 31.6 Å². The molecule has 17 heavy (non-hydrogen) atoms. The summed E-state index contributed by atoms with van der Waals surface area (Å²) in [6.07, 6.45) is 0.498. The lowest BCUT2D eigenvalue weighted by Gasteiger charge is -2.06. The molecule has 5 heteroatoms. The van der Waals surface area contributed by atoms with Gasteiger partial charge >= 0.3 is 0 Å². The first-order valence-electron chi connectivity index (χ1n) is 5.60. The maximum atomic E-state index is 11.2. The van der Waals surface area contributed by atoms with E-state index < -0.39 is 9.84 Å². The molecule has 0 fully saturated rings. The van der Waals surface area contributed by atoms with Gasteiger partial charge in [-0.25, -0.2) is 8.42 Å². The summed E-state index contributed by atoms with van der Waals surface area (Å²) in [4.78, 5) is 0. The smallest absolute Gasteiger partial charge is 0.150 e. The standard InChI is InChI=1S/C12H18O4S/c1-2-17(14,15)9-3-8-16-12-6-4-11(10-13)5-7-12/h4-7,13H,2-3,8-10H2,1H3. The lowest BCUT2D eigenvalue weighted by molar-refractivity contribution is 0.281. The molecule has 0 atom stereocenters. The van der Waals surface area contributed by atoms with Crippen LogP contribution in [0.5, 0.6) is 5.75 Å². The zero-order valence-corrected chi connectivity index (χ0v) is 10.7. The highest BCUT2D eigenvalue weighted by atomic mass is 32.2. The molecule has 0 saturated carbocycles. The van der Waals surface area contributed by atoms with Gasteiger partial charge in [-0.05, 0) is 24.1 Å². The van der Waals surface area contributed by atoms with Gasteiger partial charge in [-0.1, -0.05) is 19.1 Å². The number of hydrogen-bond donors (Lipinski definition) is 1. The predicted molar refractivity (Wildman–Crippen MR) is 66.8 cm³/mol. The second-order valence-electron chi connectivity index (χ2n) is 3.74. The Kier molecular flexibility index (Phi) is 5.44. The average Bonchev–Trinajstić information content (AvgIpc) is 2.35. The minimum atomic E-state index is -2.90. The molecule has 0 unspecified atom stereocenters. The second-order valence-corrected chi connectivity index (χ2v) is 6.21. The van der Waals surface area contributed by atoms with E-state index in [0.29, 0.717) is 18.8 Å². The summed E-state index contributed by atoms with van der Waals surface area (Å²) in [5.41, 5.74) is 0.825. The summed E-state index contributed by atoms with van der Waals surface area (Å²) in [5.74, 6) is 1.03. The Morgan fingerprint density at radius 1 is 1.24 bits per heavy atom. The van der Waals surface area contributed by atoms with Crippen LogP contribution in [0.3, 0.4) is 0 Å². The Hall–Kier alpha value is -1.07. The minimum Gasteiger partial charge on any atom is -0.494 e. The monoisotopic (exact) mass is 258 g/mol. The summed E-state index contributed by atoms with van der Waals surface area (Å²) >= 11 is 0. The molecule has 1 aromatic rings. The molecule has 0 aliphatic heterocycles. The molecule has 0 aromatic heterocycles. The first-order valence-corrected chi connectivity index (χ1v) is 7.42. The first kappa shape index (κ1) is 14.0. The summed E-state index contributed by atoms with van der Waals surface area (Å²) < 4.78 is 27.8. The fourth-order valence-electron chi connectivity index (χ4n) is 1.30. The lowest BCUT2D eigenvalue weighted by atomic mass is 10.2. The van der Waals surface area contributed by atoms with Crippen molar-refractivity contribution in [2.75, 3.05) is 18.1 Å². The van der Waals surface area contributed by atoms with Crippen molar-refractivity contribution in [3.05, 3.63) is 29.8 Å². The molecular weight excluding hydrogens is 240 g/mol. The molecule has 0 saturated heterocycles. The third-order valence-corrected chi connectivity index (χ3v) is 4.20. The van der Waals surface area contributed by atoms with Gasteiger partial charge in [0, 0.05) is 5.75 Å². The van der Waals surface area contributed by atoms with Gasteiger partial charge in [0.2, 0.25) is 0 Å². The van der Waals surface area contributed by atoms with E-state index in [1.165, 1.54) is 0 Å². The fourth-order valence-corrected chi connectivity index (χ4v) is 2.15. The maximum absolute atomic E-state index is 11.2. The van der Waals surface area contributed by atoms with E-state index in [4.69, 9.17) is 9.84 Å². The van der Waals surface area contributed by atoms with Gasteiger partial charge in [0.05, 0.1) is 19.0 Å². The highest BCUT2D eigenvalue weighted by Crippen LogP contribution is 2.12. The van der Waals surface area contributed by atoms with Gasteiger partial charge in [-0.15, -0.1) is 0 Å². The predicted octanol–water partition coefficient (Wildman–Crippen LogP) is 1.38. The van der Waals surface area contributed by atoms with E-state index in [1.807, 2.05) is 0 Å². The summed E-state index contributed by atoms with van der Waals surface area (Å²) in [5, 5.41) is 8.85. The van der Waals surface area contributed by atoms with Crippen LogP contribution in [0, 0.1) is 0 Å². The quantitative estimate of drug-likeness (QED) is 0.751. The van der Waals surface area contributed by atoms with Crippen LogP contribution in [0.4, 0.5) is 0 Å². The Labute approximate surface area is 102 Å². The van der Waals surface area contributed by atoms with Crippen molar-refractivity contribution in [2.45, 2.75) is 20.0 Å². The zero-order chi connectivity index (χ0) is 12.7. The van der Waals surface area contributed by atoms with Crippen LogP contribution in [0.1, 0.15) is 18.9 Å². The van der Waals surface area contributed by atoms with Crippen LogP contribution in [0.25, 0.3) is 0 Å². The highest BCUT2D eigenvalue weighted by Gasteiger charge is 2.06. The number of aliphatic hydroxyl groups is 1. The van der Waals surface area contributed by atoms with Gasteiger partial charge < -0.3 is 9.84 Å². The van der Waals surface area contributed by atoms with Gasteiger partial charge in [0.25, 0.3) is 0 Å². The third-order valence-electron chi connectivity index (χ3n) is 2.41. The van der Waals surface area contributed by atoms with E-state index in [9.17, 15) is 8.42 Å². The summed E-state index contributed by atoms with van der Waals surface area (Å²) in [6, 6.07) is 7.08. The van der Waals surface area contributed by atoms with Crippen LogP contribution in [0.15, 0.2) is 24.3 Å². The first-order chi connectivity index (χ1) is 8.07. The van der Waals surface area contributed by atoms with Gasteiger partial charge in [-0.2, -0.15) is 0 Å². The molecule has 1 aromatic carbocycles. The van der Waals surface area contributed by atoms with Crippen molar-refractivity contribution in [1.82, 2.24) is 0 Å². The number of sulfone groups is 1. The molecule has 0 bridgehead atoms. The normalized spacial score (nSPS) is 11.4. The van der Waals surface area contributed by atoms with Crippen molar-refractivity contribution in [1.29, 1.82) is 0 Å². The molecular formula is C12H18O4S. The maximum Gasteiger partial charge on any atom is 0.150 e. The van der Waals surface area contributed by atoms with Crippen molar-refractivity contribution in [3.63, 3.8) is 0 Å². The van der Waals surface area contributed by atoms with E-state index in [1.54, 1.807) is 31.2 Å². The average molecular weight is 258 g/mol. The molecule has 0 heterocycles. The van der Waals surface area contributed by atoms with E-state index in [2.05, 4.69) is 0 Å². The zero-order valence-electron chi connectivity index (χ0n) is 9.93. The Balaban J connectivity index is 2.31. The number of rotatable bonds is 7. The summed E-state index contributed by atoms with van der Waals surface area (Å²) in [7, 11) is -2.90. The molecule has 1 rings (SSSR count). The molecule has 0 amide bonds. The van der Waals surface area contributed by atoms with Gasteiger partial charge in [0.1, 0.15) is 15.6 Å². The van der Waals surface area contributed by atoms with Crippen LogP contribution < -0.4 is 4.74 Å². The number of hydrogen-bond acceptors (Lipinski definition) is 4. The van der Waals surface area contributed by atoms with Crippen LogP contribution >= 0.6 is 0 Å². The van der Waals surface area contributed by atoms with Gasteiger partial charge in [0.15, 0.2) is 0 Å². The minimum absolute atomic E-state index is 0.00895. The highest BCUT2D eigenvalue weighted by molar-refractivity contribution is 7.91. The van der Waals surface area contributed by atoms with Crippen molar-refractivity contribution in [3.8, 4) is 5.75 Å². The second kappa shape index (κ2) is 6.61. The van der Waals surface area contributed by atoms with Crippen molar-refractivity contribution >= 4 is 9.84 Å². The van der Waals surface area contributed by atoms with Crippen LogP contribution in [-0.2, 0) is 16.4 Å². The molecule has 0 aliphatic carbocycles. The fraction of sp³-hybridized carbons (Fsp3) is 0.500. The largest absolute Gasteiger partial charge is 0.494 e. The SMILES string of the molecule is CCS(=O)(=O)CCCOc1ccc(CO)cc1. The van der Waals surface area contributed by atoms with Crippen molar-refractivity contribution < 1.29 is 18.3 Å². The van der Waals surface area contributed by atoms with Crippen LogP contribution in [0.2, 0.25) is 0 Å². The molecule has 0 radical (unpaired) electrons. The topological polar surface area (TPSA) is 63.6 Å². The molecule has 0 aliphatic rings.